The molecule has 2 aliphatic heterocycles. The Balaban J connectivity index is 1.42. The molecule has 1 amide bonds. The van der Waals surface area contributed by atoms with Gasteiger partial charge in [-0.1, -0.05) is 30.3 Å². The van der Waals surface area contributed by atoms with Gasteiger partial charge >= 0.3 is 0 Å². The molecule has 0 aliphatic carbocycles. The predicted molar refractivity (Wildman–Crippen MR) is 109 cm³/mol. The lowest BCUT2D eigenvalue weighted by Gasteiger charge is -2.42. The fourth-order valence-corrected chi connectivity index (χ4v) is 4.55. The van der Waals surface area contributed by atoms with E-state index in [1.54, 1.807) is 4.90 Å². The molecule has 150 valence electrons. The third-order valence-electron chi connectivity index (χ3n) is 6.25. The van der Waals surface area contributed by atoms with Crippen molar-refractivity contribution >= 4 is 5.91 Å². The van der Waals surface area contributed by atoms with Gasteiger partial charge in [-0.25, -0.2) is 0 Å². The molecule has 2 fully saturated rings. The van der Waals surface area contributed by atoms with Crippen LogP contribution < -0.4 is 0 Å². The average molecular weight is 374 g/mol. The molecule has 3 rings (SSSR count). The van der Waals surface area contributed by atoms with E-state index in [0.29, 0.717) is 12.6 Å². The van der Waals surface area contributed by atoms with Crippen molar-refractivity contribution in [2.45, 2.75) is 38.1 Å². The summed E-state index contributed by atoms with van der Waals surface area (Å²) in [6, 6.07) is 11.4. The van der Waals surface area contributed by atoms with Crippen LogP contribution in [-0.2, 0) is 11.2 Å². The number of hydrogen-bond acceptors (Lipinski definition) is 4. The van der Waals surface area contributed by atoms with Crippen LogP contribution >= 0.6 is 0 Å². The largest absolute Gasteiger partial charge is 0.395 e. The normalized spacial score (nSPS) is 22.7. The van der Waals surface area contributed by atoms with Crippen molar-refractivity contribution in [2.24, 2.45) is 5.92 Å². The minimum atomic E-state index is 0.0418. The third-order valence-corrected chi connectivity index (χ3v) is 6.25. The second kappa shape index (κ2) is 10.2. The summed E-state index contributed by atoms with van der Waals surface area (Å²) in [7, 11) is 1.81. The fourth-order valence-electron chi connectivity index (χ4n) is 4.55. The van der Waals surface area contributed by atoms with E-state index in [1.165, 1.54) is 18.4 Å². The molecule has 2 saturated heterocycles. The summed E-state index contributed by atoms with van der Waals surface area (Å²) in [4.78, 5) is 19.4. The van der Waals surface area contributed by atoms with E-state index < -0.39 is 0 Å². The Morgan fingerprint density at radius 2 is 1.89 bits per heavy atom. The highest BCUT2D eigenvalue weighted by Gasteiger charge is 2.32. The van der Waals surface area contributed by atoms with E-state index in [2.05, 4.69) is 40.1 Å². The lowest BCUT2D eigenvalue weighted by Crippen LogP contribution is -2.51. The minimum Gasteiger partial charge on any atom is -0.395 e. The Morgan fingerprint density at radius 1 is 1.15 bits per heavy atom. The van der Waals surface area contributed by atoms with Gasteiger partial charge in [-0.05, 0) is 57.3 Å². The number of hydrogen-bond donors (Lipinski definition) is 1. The molecular formula is C22H35N3O2. The van der Waals surface area contributed by atoms with Crippen LogP contribution in [0.4, 0.5) is 0 Å². The minimum absolute atomic E-state index is 0.0418. The number of aliphatic hydroxyl groups is 1. The van der Waals surface area contributed by atoms with Gasteiger partial charge in [-0.2, -0.15) is 0 Å². The van der Waals surface area contributed by atoms with Crippen LogP contribution in [0.15, 0.2) is 30.3 Å². The van der Waals surface area contributed by atoms with Gasteiger partial charge in [0.2, 0.25) is 5.91 Å². The molecular weight excluding hydrogens is 338 g/mol. The number of aliphatic hydroxyl groups excluding tert-OH is 1. The van der Waals surface area contributed by atoms with Gasteiger partial charge in [0, 0.05) is 32.7 Å². The topological polar surface area (TPSA) is 47.0 Å². The highest BCUT2D eigenvalue weighted by atomic mass is 16.3. The zero-order chi connectivity index (χ0) is 19.1. The first-order valence-corrected chi connectivity index (χ1v) is 10.5. The van der Waals surface area contributed by atoms with Crippen molar-refractivity contribution in [3.8, 4) is 0 Å². The summed E-state index contributed by atoms with van der Waals surface area (Å²) in [5, 5.41) is 9.07. The Kier molecular flexibility index (Phi) is 7.68. The summed E-state index contributed by atoms with van der Waals surface area (Å²) in [5.41, 5.74) is 1.42. The van der Waals surface area contributed by atoms with E-state index in [-0.39, 0.29) is 18.4 Å². The second-order valence-corrected chi connectivity index (χ2v) is 8.13. The number of likely N-dealkylation sites (N-methyl/N-ethyl adjacent to an activating group) is 1. The highest BCUT2D eigenvalue weighted by molar-refractivity contribution is 5.78. The van der Waals surface area contributed by atoms with Gasteiger partial charge < -0.3 is 14.9 Å². The van der Waals surface area contributed by atoms with Crippen molar-refractivity contribution in [3.63, 3.8) is 0 Å². The van der Waals surface area contributed by atoms with E-state index in [9.17, 15) is 4.79 Å². The van der Waals surface area contributed by atoms with Gasteiger partial charge in [-0.3, -0.25) is 9.69 Å². The van der Waals surface area contributed by atoms with E-state index in [0.717, 1.165) is 52.0 Å². The number of likely N-dealkylation sites (tertiary alicyclic amines) is 2. The molecule has 1 unspecified atom stereocenters. The molecule has 0 bridgehead atoms. The van der Waals surface area contributed by atoms with Crippen molar-refractivity contribution in [1.82, 2.24) is 14.7 Å². The van der Waals surface area contributed by atoms with E-state index in [4.69, 9.17) is 5.11 Å². The number of piperidine rings is 2. The van der Waals surface area contributed by atoms with Gasteiger partial charge in [-0.15, -0.1) is 0 Å². The Bertz CT molecular complexity index is 572. The van der Waals surface area contributed by atoms with Crippen molar-refractivity contribution in [3.05, 3.63) is 35.9 Å². The van der Waals surface area contributed by atoms with Gasteiger partial charge in [0.25, 0.3) is 0 Å². The number of nitrogens with zero attached hydrogens (tertiary/aromatic N) is 3. The highest BCUT2D eigenvalue weighted by Crippen LogP contribution is 2.25. The van der Waals surface area contributed by atoms with Crippen molar-refractivity contribution < 1.29 is 9.90 Å². The molecule has 2 heterocycles. The maximum absolute atomic E-state index is 12.6. The molecule has 27 heavy (non-hydrogen) atoms. The standard InChI is InChI=1S/C22H35N3O2/c1-23(16-17-26)22(27)20-8-5-12-25(18-20)21-10-14-24(15-11-21)13-9-19-6-3-2-4-7-19/h2-4,6-7,20-21,26H,5,8-18H2,1H3. The summed E-state index contributed by atoms with van der Waals surface area (Å²) in [5.74, 6) is 0.306. The average Bonchev–Trinajstić information content (AvgIpc) is 2.73. The summed E-state index contributed by atoms with van der Waals surface area (Å²) in [6.07, 6.45) is 5.64. The molecule has 5 nitrogen and oxygen atoms in total. The number of benzene rings is 1. The molecule has 1 N–H and O–H groups in total. The fraction of sp³-hybridized carbons (Fsp3) is 0.682. The summed E-state index contributed by atoms with van der Waals surface area (Å²) in [6.45, 7) is 5.97. The van der Waals surface area contributed by atoms with Gasteiger partial charge in [0.1, 0.15) is 0 Å². The van der Waals surface area contributed by atoms with Crippen LogP contribution in [0, 0.1) is 5.92 Å². The SMILES string of the molecule is CN(CCO)C(=O)C1CCCN(C2CCN(CCc3ccccc3)CC2)C1. The van der Waals surface area contributed by atoms with Crippen LogP contribution in [0.3, 0.4) is 0 Å². The molecule has 1 aromatic rings. The number of rotatable bonds is 7. The molecule has 2 aliphatic rings. The maximum Gasteiger partial charge on any atom is 0.226 e. The Labute approximate surface area is 163 Å². The molecule has 1 aromatic carbocycles. The van der Waals surface area contributed by atoms with Crippen LogP contribution in [-0.4, -0.2) is 84.7 Å². The molecule has 0 spiro atoms. The van der Waals surface area contributed by atoms with E-state index >= 15 is 0 Å². The monoisotopic (exact) mass is 373 g/mol. The molecule has 0 saturated carbocycles. The molecule has 0 radical (unpaired) electrons. The predicted octanol–water partition coefficient (Wildman–Crippen LogP) is 1.86. The van der Waals surface area contributed by atoms with Crippen LogP contribution in [0.5, 0.6) is 0 Å². The number of carbonyl (C=O) groups is 1. The first-order valence-electron chi connectivity index (χ1n) is 10.5. The van der Waals surface area contributed by atoms with Crippen LogP contribution in [0.2, 0.25) is 0 Å². The molecule has 0 aromatic heterocycles. The Hall–Kier alpha value is -1.43. The third kappa shape index (κ3) is 5.77. The smallest absolute Gasteiger partial charge is 0.226 e. The van der Waals surface area contributed by atoms with Crippen LogP contribution in [0.1, 0.15) is 31.2 Å². The van der Waals surface area contributed by atoms with Gasteiger partial charge in [0.15, 0.2) is 0 Å². The molecule has 1 atom stereocenters. The van der Waals surface area contributed by atoms with Crippen molar-refractivity contribution in [2.75, 3.05) is 52.9 Å². The van der Waals surface area contributed by atoms with Crippen molar-refractivity contribution in [1.29, 1.82) is 0 Å². The number of amides is 1. The van der Waals surface area contributed by atoms with Gasteiger partial charge in [0.05, 0.1) is 12.5 Å². The molecule has 5 heteroatoms. The lowest BCUT2D eigenvalue weighted by molar-refractivity contribution is -0.137. The number of carbonyl (C=O) groups excluding carboxylic acids is 1. The summed E-state index contributed by atoms with van der Waals surface area (Å²) < 4.78 is 0. The second-order valence-electron chi connectivity index (χ2n) is 8.13. The van der Waals surface area contributed by atoms with E-state index in [1.807, 2.05) is 7.05 Å². The summed E-state index contributed by atoms with van der Waals surface area (Å²) >= 11 is 0. The quantitative estimate of drug-likeness (QED) is 0.793. The lowest BCUT2D eigenvalue weighted by atomic mass is 9.93. The first kappa shape index (κ1) is 20.3. The first-order chi connectivity index (χ1) is 13.2. The van der Waals surface area contributed by atoms with Crippen LogP contribution in [0.25, 0.3) is 0 Å². The maximum atomic E-state index is 12.6. The Morgan fingerprint density at radius 3 is 2.59 bits per heavy atom. The zero-order valence-corrected chi connectivity index (χ0v) is 16.7. The zero-order valence-electron chi connectivity index (χ0n) is 16.7.